The van der Waals surface area contributed by atoms with E-state index in [1.165, 1.54) is 65.3 Å². The van der Waals surface area contributed by atoms with Gasteiger partial charge in [0.1, 0.15) is 5.75 Å². The molecule has 0 N–H and O–H groups in total. The molecule has 0 atom stereocenters. The minimum absolute atomic E-state index is 0.661. The molecule has 0 aromatic heterocycles. The zero-order valence-electron chi connectivity index (χ0n) is 24.2. The maximum absolute atomic E-state index is 9.44. The highest BCUT2D eigenvalue weighted by atomic mass is 16.5. The van der Waals surface area contributed by atoms with Crippen molar-refractivity contribution in [3.8, 4) is 45.2 Å². The van der Waals surface area contributed by atoms with Crippen LogP contribution in [0.5, 0.6) is 5.75 Å². The van der Waals surface area contributed by atoms with E-state index in [1.54, 1.807) is 7.11 Å². The van der Waals surface area contributed by atoms with Gasteiger partial charge < -0.3 is 4.74 Å². The van der Waals surface area contributed by atoms with Crippen molar-refractivity contribution in [1.82, 2.24) is 0 Å². The molecule has 2 nitrogen and oxygen atoms in total. The Morgan fingerprint density at radius 3 is 0.977 bits per heavy atom. The zero-order chi connectivity index (χ0) is 29.6. The fourth-order valence-electron chi connectivity index (χ4n) is 6.89. The Balaban J connectivity index is 1.55. The van der Waals surface area contributed by atoms with E-state index in [0.29, 0.717) is 5.56 Å². The van der Waals surface area contributed by atoms with Crippen molar-refractivity contribution in [1.29, 1.82) is 5.26 Å². The molecule has 0 unspecified atom stereocenters. The molecule has 0 radical (unpaired) electrons. The molecular weight excluding hydrogens is 534 g/mol. The smallest absolute Gasteiger partial charge is 0.118 e. The standard InChI is InChI=1S/C42H27NO/c1-44-30-24-22-29(23-25-30)40-33-12-4-8-16-37(33)42(38-17-9-5-13-34(38)40)41-35-14-6-2-10-31(35)39(32-11-3-7-15-36(32)41)28-20-18-27(26-43)19-21-28/h2-25H,1H3. The van der Waals surface area contributed by atoms with Gasteiger partial charge in [0, 0.05) is 0 Å². The predicted molar refractivity (Wildman–Crippen MR) is 184 cm³/mol. The third-order valence-electron chi connectivity index (χ3n) is 8.79. The second kappa shape index (κ2) is 10.4. The molecule has 8 aromatic rings. The zero-order valence-corrected chi connectivity index (χ0v) is 24.2. The van der Waals surface area contributed by atoms with Gasteiger partial charge >= 0.3 is 0 Å². The molecule has 0 bridgehead atoms. The van der Waals surface area contributed by atoms with Crippen LogP contribution in [0.2, 0.25) is 0 Å². The van der Waals surface area contributed by atoms with Gasteiger partial charge in [0.05, 0.1) is 18.7 Å². The summed E-state index contributed by atoms with van der Waals surface area (Å²) in [5.74, 6) is 0.847. The average molecular weight is 562 g/mol. The molecule has 2 heteroatoms. The minimum Gasteiger partial charge on any atom is -0.497 e. The lowest BCUT2D eigenvalue weighted by Crippen LogP contribution is -1.94. The van der Waals surface area contributed by atoms with Crippen molar-refractivity contribution in [2.45, 2.75) is 0 Å². The van der Waals surface area contributed by atoms with Crippen LogP contribution in [0.25, 0.3) is 76.5 Å². The number of hydrogen-bond acceptors (Lipinski definition) is 2. The van der Waals surface area contributed by atoms with Crippen LogP contribution in [0.3, 0.4) is 0 Å². The Kier molecular flexibility index (Phi) is 6.10. The van der Waals surface area contributed by atoms with E-state index >= 15 is 0 Å². The fourth-order valence-corrected chi connectivity index (χ4v) is 6.89. The summed E-state index contributed by atoms with van der Waals surface area (Å²) in [6.07, 6.45) is 0. The highest BCUT2D eigenvalue weighted by molar-refractivity contribution is 6.29. The number of nitrogens with zero attached hydrogens (tertiary/aromatic N) is 1. The second-order valence-corrected chi connectivity index (χ2v) is 11.1. The van der Waals surface area contributed by atoms with Gasteiger partial charge in [-0.2, -0.15) is 5.26 Å². The molecule has 0 saturated carbocycles. The number of ether oxygens (including phenoxy) is 1. The van der Waals surface area contributed by atoms with Crippen molar-refractivity contribution < 1.29 is 4.74 Å². The van der Waals surface area contributed by atoms with Crippen LogP contribution in [0.4, 0.5) is 0 Å². The summed E-state index contributed by atoms with van der Waals surface area (Å²) >= 11 is 0. The van der Waals surface area contributed by atoms with E-state index < -0.39 is 0 Å². The summed E-state index contributed by atoms with van der Waals surface area (Å²) in [7, 11) is 1.70. The van der Waals surface area contributed by atoms with Crippen LogP contribution in [-0.2, 0) is 0 Å². The van der Waals surface area contributed by atoms with Crippen LogP contribution >= 0.6 is 0 Å². The largest absolute Gasteiger partial charge is 0.497 e. The lowest BCUT2D eigenvalue weighted by atomic mass is 9.81. The van der Waals surface area contributed by atoms with E-state index in [0.717, 1.165) is 16.9 Å². The van der Waals surface area contributed by atoms with Crippen LogP contribution < -0.4 is 4.74 Å². The third kappa shape index (κ3) is 3.95. The minimum atomic E-state index is 0.661. The van der Waals surface area contributed by atoms with Crippen molar-refractivity contribution in [3.63, 3.8) is 0 Å². The van der Waals surface area contributed by atoms with Crippen LogP contribution in [-0.4, -0.2) is 7.11 Å². The molecule has 0 fully saturated rings. The summed E-state index contributed by atoms with van der Waals surface area (Å²) in [4.78, 5) is 0. The number of fused-ring (bicyclic) bond motifs is 4. The summed E-state index contributed by atoms with van der Waals surface area (Å²) in [5.41, 5.74) is 7.82. The summed E-state index contributed by atoms with van der Waals surface area (Å²) in [6, 6.07) is 53.7. The van der Waals surface area contributed by atoms with Crippen molar-refractivity contribution in [3.05, 3.63) is 151 Å². The average Bonchev–Trinajstić information content (AvgIpc) is 3.10. The number of hydrogen-bond donors (Lipinski definition) is 0. The SMILES string of the molecule is COc1ccc(-c2c3ccccc3c(-c3c4ccccc4c(-c4ccc(C#N)cc4)c4ccccc34)c3ccccc23)cc1. The first-order valence-electron chi connectivity index (χ1n) is 14.8. The van der Waals surface area contributed by atoms with E-state index in [-0.39, 0.29) is 0 Å². The maximum Gasteiger partial charge on any atom is 0.118 e. The number of rotatable bonds is 4. The van der Waals surface area contributed by atoms with E-state index in [9.17, 15) is 5.26 Å². The topological polar surface area (TPSA) is 33.0 Å². The number of nitriles is 1. The molecule has 0 amide bonds. The maximum atomic E-state index is 9.44. The van der Waals surface area contributed by atoms with Gasteiger partial charge in [-0.05, 0) is 101 Å². The van der Waals surface area contributed by atoms with Gasteiger partial charge in [0.15, 0.2) is 0 Å². The molecular formula is C42H27NO. The molecule has 0 heterocycles. The molecule has 44 heavy (non-hydrogen) atoms. The Hall–Kier alpha value is -5.91. The molecule has 0 spiro atoms. The van der Waals surface area contributed by atoms with E-state index in [1.807, 2.05) is 24.3 Å². The van der Waals surface area contributed by atoms with E-state index in [2.05, 4.69) is 127 Å². The van der Waals surface area contributed by atoms with Crippen molar-refractivity contribution in [2.75, 3.05) is 7.11 Å². The highest BCUT2D eigenvalue weighted by Crippen LogP contribution is 2.49. The molecule has 8 rings (SSSR count). The summed E-state index contributed by atoms with van der Waals surface area (Å²) < 4.78 is 5.48. The lowest BCUT2D eigenvalue weighted by molar-refractivity contribution is 0.415. The molecule has 0 saturated heterocycles. The Bertz CT molecular complexity index is 2300. The first-order chi connectivity index (χ1) is 21.8. The van der Waals surface area contributed by atoms with Gasteiger partial charge in [0.25, 0.3) is 0 Å². The van der Waals surface area contributed by atoms with E-state index in [4.69, 9.17) is 4.74 Å². The van der Waals surface area contributed by atoms with Gasteiger partial charge in [-0.3, -0.25) is 0 Å². The first kappa shape index (κ1) is 25.8. The molecule has 0 aliphatic heterocycles. The molecule has 0 aliphatic rings. The quantitative estimate of drug-likeness (QED) is 0.200. The van der Waals surface area contributed by atoms with Crippen LogP contribution in [0.1, 0.15) is 5.56 Å². The monoisotopic (exact) mass is 561 g/mol. The van der Waals surface area contributed by atoms with Gasteiger partial charge in [-0.1, -0.05) is 121 Å². The van der Waals surface area contributed by atoms with Crippen LogP contribution in [0.15, 0.2) is 146 Å². The summed E-state index contributed by atoms with van der Waals surface area (Å²) in [6.45, 7) is 0. The second-order valence-electron chi connectivity index (χ2n) is 11.1. The molecule has 8 aromatic carbocycles. The third-order valence-corrected chi connectivity index (χ3v) is 8.79. The van der Waals surface area contributed by atoms with Gasteiger partial charge in [0.2, 0.25) is 0 Å². The summed E-state index contributed by atoms with van der Waals surface area (Å²) in [5, 5.41) is 19.1. The number of methoxy groups -OCH3 is 1. The van der Waals surface area contributed by atoms with Gasteiger partial charge in [-0.25, -0.2) is 0 Å². The lowest BCUT2D eigenvalue weighted by Gasteiger charge is -2.22. The first-order valence-corrected chi connectivity index (χ1v) is 14.8. The Morgan fingerprint density at radius 1 is 0.386 bits per heavy atom. The Morgan fingerprint density at radius 2 is 0.682 bits per heavy atom. The predicted octanol–water partition coefficient (Wildman–Crippen LogP) is 11.2. The van der Waals surface area contributed by atoms with Crippen LogP contribution in [0, 0.1) is 11.3 Å². The molecule has 206 valence electrons. The Labute approximate surface area is 256 Å². The highest BCUT2D eigenvalue weighted by Gasteiger charge is 2.22. The van der Waals surface area contributed by atoms with Crippen molar-refractivity contribution >= 4 is 43.1 Å². The number of benzene rings is 8. The fraction of sp³-hybridized carbons (Fsp3) is 0.0238. The molecule has 0 aliphatic carbocycles. The van der Waals surface area contributed by atoms with Crippen molar-refractivity contribution in [2.24, 2.45) is 0 Å². The normalized spacial score (nSPS) is 11.3. The van der Waals surface area contributed by atoms with Gasteiger partial charge in [-0.15, -0.1) is 0 Å².